The molecule has 3 aromatic carbocycles. The van der Waals surface area contributed by atoms with E-state index in [-0.39, 0.29) is 6.42 Å². The summed E-state index contributed by atoms with van der Waals surface area (Å²) in [7, 11) is 1.64. The Morgan fingerprint density at radius 1 is 1.02 bits per heavy atom. The van der Waals surface area contributed by atoms with Gasteiger partial charge in [-0.2, -0.15) is 0 Å². The number of halogens is 1. The van der Waals surface area contributed by atoms with Gasteiger partial charge in [0.2, 0.25) is 0 Å². The summed E-state index contributed by atoms with van der Waals surface area (Å²) < 4.78 is 6.47. The van der Waals surface area contributed by atoms with Gasteiger partial charge in [0.1, 0.15) is 10.8 Å². The molecule has 0 spiro atoms. The molecule has 0 radical (unpaired) electrons. The van der Waals surface area contributed by atoms with Gasteiger partial charge >= 0.3 is 5.97 Å². The van der Waals surface area contributed by atoms with Crippen LogP contribution in [0.3, 0.4) is 0 Å². The molecule has 0 unspecified atom stereocenters. The number of rotatable bonds is 6. The number of pyridine rings is 1. The lowest BCUT2D eigenvalue weighted by atomic mass is 9.93. The van der Waals surface area contributed by atoms with E-state index in [1.54, 1.807) is 51.6 Å². The molecule has 0 saturated heterocycles. The molecule has 0 atom stereocenters. The fraction of sp³-hybridized carbons (Fsp3) is 0.219. The molecular formula is C32H31ClN2O4S. The van der Waals surface area contributed by atoms with E-state index in [1.807, 2.05) is 61.5 Å². The van der Waals surface area contributed by atoms with Crippen molar-refractivity contribution in [3.05, 3.63) is 89.2 Å². The van der Waals surface area contributed by atoms with Crippen LogP contribution < -0.4 is 4.74 Å². The normalized spacial score (nSPS) is 11.2. The third-order valence-electron chi connectivity index (χ3n) is 5.89. The molecule has 2 heterocycles. The molecule has 0 aliphatic rings. The Morgan fingerprint density at radius 2 is 1.70 bits per heavy atom. The van der Waals surface area contributed by atoms with E-state index < -0.39 is 11.6 Å². The number of thiazole rings is 1. The summed E-state index contributed by atoms with van der Waals surface area (Å²) in [6.07, 6.45) is 3.43. The van der Waals surface area contributed by atoms with Gasteiger partial charge < -0.3 is 14.9 Å². The highest BCUT2D eigenvalue weighted by atomic mass is 35.5. The van der Waals surface area contributed by atoms with Gasteiger partial charge in [-0.25, -0.2) is 4.98 Å². The maximum atomic E-state index is 11.7. The average Bonchev–Trinajstić information content (AvgIpc) is 3.32. The molecule has 0 aliphatic heterocycles. The summed E-state index contributed by atoms with van der Waals surface area (Å²) in [5.41, 5.74) is 6.69. The second-order valence-corrected chi connectivity index (χ2v) is 11.8. The minimum absolute atomic E-state index is 0.0662. The topological polar surface area (TPSA) is 92.5 Å². The molecule has 8 heteroatoms. The van der Waals surface area contributed by atoms with Crippen molar-refractivity contribution in [3.8, 4) is 38.6 Å². The van der Waals surface area contributed by atoms with Gasteiger partial charge in [-0.05, 0) is 80.3 Å². The summed E-state index contributed by atoms with van der Waals surface area (Å²) >= 11 is 7.68. The van der Waals surface area contributed by atoms with E-state index in [2.05, 4.69) is 11.1 Å². The number of hydrogen-bond donors (Lipinski definition) is 2. The van der Waals surface area contributed by atoms with Gasteiger partial charge in [0.25, 0.3) is 0 Å². The zero-order valence-corrected chi connectivity index (χ0v) is 24.6. The van der Waals surface area contributed by atoms with Crippen LogP contribution in [-0.2, 0) is 11.2 Å². The number of hydrogen-bond acceptors (Lipinski definition) is 6. The summed E-state index contributed by atoms with van der Waals surface area (Å²) in [4.78, 5) is 20.9. The van der Waals surface area contributed by atoms with E-state index in [0.29, 0.717) is 5.02 Å². The number of aromatic nitrogens is 2. The number of aliphatic hydroxyl groups is 1. The number of carboxylic acids is 1. The van der Waals surface area contributed by atoms with Crippen molar-refractivity contribution in [1.29, 1.82) is 0 Å². The molecule has 206 valence electrons. The van der Waals surface area contributed by atoms with Crippen LogP contribution >= 0.6 is 22.9 Å². The lowest BCUT2D eigenvalue weighted by Crippen LogP contribution is -2.10. The summed E-state index contributed by atoms with van der Waals surface area (Å²) in [5.74, 6) is -0.120. The van der Waals surface area contributed by atoms with Gasteiger partial charge in [-0.1, -0.05) is 41.9 Å². The maximum Gasteiger partial charge on any atom is 0.307 e. The smallest absolute Gasteiger partial charge is 0.307 e. The quantitative estimate of drug-likeness (QED) is 0.213. The average molecular weight is 575 g/mol. The molecule has 0 amide bonds. The van der Waals surface area contributed by atoms with Crippen molar-refractivity contribution in [3.63, 3.8) is 0 Å². The Balaban J connectivity index is 0.000000681. The van der Waals surface area contributed by atoms with Crippen LogP contribution in [0.2, 0.25) is 5.02 Å². The molecule has 5 rings (SSSR count). The fourth-order valence-electron chi connectivity index (χ4n) is 4.26. The van der Waals surface area contributed by atoms with E-state index in [4.69, 9.17) is 26.4 Å². The fourth-order valence-corrected chi connectivity index (χ4v) is 5.52. The number of aryl methyl sites for hydroxylation is 1. The van der Waals surface area contributed by atoms with Crippen molar-refractivity contribution < 1.29 is 19.7 Å². The van der Waals surface area contributed by atoms with Crippen LogP contribution in [0, 0.1) is 6.92 Å². The number of fused-ring (bicyclic) bond motifs is 1. The van der Waals surface area contributed by atoms with Crippen molar-refractivity contribution in [2.75, 3.05) is 7.11 Å². The maximum absolute atomic E-state index is 11.7. The van der Waals surface area contributed by atoms with Gasteiger partial charge in [0, 0.05) is 34.1 Å². The molecule has 0 aliphatic carbocycles. The SMILES string of the molecule is CC(C)(C)O.COc1ccncc1-c1cccc(-c2nc3cc(C)c(CC(=O)O)c(-c4ccc(Cl)cc4)c3s2)c1. The highest BCUT2D eigenvalue weighted by molar-refractivity contribution is 7.22. The first-order valence-corrected chi connectivity index (χ1v) is 13.9. The molecular weight excluding hydrogens is 544 g/mol. The molecule has 0 saturated carbocycles. The molecule has 0 fully saturated rings. The standard InChI is InChI=1S/C28H21ClN2O3S.C4H10O/c1-16-12-23-27(26(21(16)14-25(32)33)17-6-8-20(29)9-7-17)35-28(31-23)19-5-3-4-18(13-19)22-15-30-11-10-24(22)34-2;1-4(2,3)5/h3-13,15H,14H2,1-2H3,(H,32,33);5H,1-3H3. The van der Waals surface area contributed by atoms with Crippen LogP contribution in [-0.4, -0.2) is 38.9 Å². The first-order chi connectivity index (χ1) is 18.9. The van der Waals surface area contributed by atoms with Crippen molar-refractivity contribution in [2.45, 2.75) is 39.7 Å². The summed E-state index contributed by atoms with van der Waals surface area (Å²) in [5, 5.41) is 19.6. The van der Waals surface area contributed by atoms with Crippen molar-refractivity contribution >= 4 is 39.1 Å². The first kappa shape index (κ1) is 29.2. The Labute approximate surface area is 242 Å². The Morgan fingerprint density at radius 3 is 2.35 bits per heavy atom. The van der Waals surface area contributed by atoms with Crippen LogP contribution in [0.25, 0.3) is 43.0 Å². The van der Waals surface area contributed by atoms with E-state index in [0.717, 1.165) is 59.9 Å². The number of carboxylic acid groups (broad SMARTS) is 1. The Bertz CT molecular complexity index is 1650. The van der Waals surface area contributed by atoms with Crippen LogP contribution in [0.5, 0.6) is 5.75 Å². The van der Waals surface area contributed by atoms with Gasteiger partial charge in [0.05, 0.1) is 29.3 Å². The minimum Gasteiger partial charge on any atom is -0.496 e. The largest absolute Gasteiger partial charge is 0.496 e. The third-order valence-corrected chi connectivity index (χ3v) is 7.28. The Kier molecular flexibility index (Phi) is 8.88. The number of methoxy groups -OCH3 is 1. The van der Waals surface area contributed by atoms with Crippen LogP contribution in [0.4, 0.5) is 0 Å². The molecule has 2 N–H and O–H groups in total. The second kappa shape index (κ2) is 12.2. The zero-order chi connectivity index (χ0) is 29.0. The second-order valence-electron chi connectivity index (χ2n) is 10.3. The number of nitrogens with zero attached hydrogens (tertiary/aromatic N) is 2. The van der Waals surface area contributed by atoms with E-state index in [1.165, 1.54) is 0 Å². The number of benzene rings is 3. The van der Waals surface area contributed by atoms with Crippen molar-refractivity contribution in [2.24, 2.45) is 0 Å². The molecule has 40 heavy (non-hydrogen) atoms. The van der Waals surface area contributed by atoms with Crippen molar-refractivity contribution in [1.82, 2.24) is 9.97 Å². The van der Waals surface area contributed by atoms with E-state index in [9.17, 15) is 9.90 Å². The monoisotopic (exact) mass is 574 g/mol. The first-order valence-electron chi connectivity index (χ1n) is 12.7. The minimum atomic E-state index is -0.870. The lowest BCUT2D eigenvalue weighted by molar-refractivity contribution is -0.136. The van der Waals surface area contributed by atoms with Gasteiger partial charge in [0.15, 0.2) is 0 Å². The Hall–Kier alpha value is -3.78. The highest BCUT2D eigenvalue weighted by Gasteiger charge is 2.20. The molecule has 6 nitrogen and oxygen atoms in total. The predicted molar refractivity (Wildman–Crippen MR) is 163 cm³/mol. The molecule has 0 bridgehead atoms. The zero-order valence-electron chi connectivity index (χ0n) is 23.0. The van der Waals surface area contributed by atoms with E-state index >= 15 is 0 Å². The predicted octanol–water partition coefficient (Wildman–Crippen LogP) is 8.07. The van der Waals surface area contributed by atoms with Gasteiger partial charge in [-0.15, -0.1) is 11.3 Å². The number of ether oxygens (including phenoxy) is 1. The third kappa shape index (κ3) is 7.04. The summed E-state index contributed by atoms with van der Waals surface area (Å²) in [6, 6.07) is 19.4. The number of aliphatic carboxylic acids is 1. The van der Waals surface area contributed by atoms with Crippen LogP contribution in [0.1, 0.15) is 31.9 Å². The molecule has 2 aromatic heterocycles. The van der Waals surface area contributed by atoms with Crippen LogP contribution in [0.15, 0.2) is 73.1 Å². The van der Waals surface area contributed by atoms with Gasteiger partial charge in [-0.3, -0.25) is 9.78 Å². The molecule has 5 aromatic rings. The summed E-state index contributed by atoms with van der Waals surface area (Å²) in [6.45, 7) is 7.17. The number of carbonyl (C=O) groups is 1. The highest BCUT2D eigenvalue weighted by Crippen LogP contribution is 2.42. The lowest BCUT2D eigenvalue weighted by Gasteiger charge is -2.13.